The van der Waals surface area contributed by atoms with Gasteiger partial charge in [-0.05, 0) is 29.3 Å². The lowest BCUT2D eigenvalue weighted by molar-refractivity contribution is -0.644. The number of rotatable bonds is 5. The SMILES string of the molecule is CN(CCS)c1ccc(C=Cc2cc[n+](C)c3ccccc23)cc1. The Hall–Kier alpha value is -2.26. The predicted octanol–water partition coefficient (Wildman–Crippen LogP) is 4.20. The summed E-state index contributed by atoms with van der Waals surface area (Å²) in [4.78, 5) is 2.21. The van der Waals surface area contributed by atoms with E-state index < -0.39 is 0 Å². The highest BCUT2D eigenvalue weighted by Gasteiger charge is 2.06. The minimum atomic E-state index is 0.858. The van der Waals surface area contributed by atoms with Crippen LogP contribution in [-0.2, 0) is 7.05 Å². The van der Waals surface area contributed by atoms with Crippen LogP contribution in [0.15, 0.2) is 60.8 Å². The largest absolute Gasteiger partial charge is 0.374 e. The highest BCUT2D eigenvalue weighted by molar-refractivity contribution is 7.80. The average molecular weight is 335 g/mol. The van der Waals surface area contributed by atoms with Crippen molar-refractivity contribution in [1.82, 2.24) is 0 Å². The van der Waals surface area contributed by atoms with Gasteiger partial charge in [0.1, 0.15) is 7.05 Å². The van der Waals surface area contributed by atoms with Crippen LogP contribution in [-0.4, -0.2) is 19.3 Å². The van der Waals surface area contributed by atoms with Crippen molar-refractivity contribution in [1.29, 1.82) is 0 Å². The van der Waals surface area contributed by atoms with Crippen LogP contribution in [0.25, 0.3) is 23.1 Å². The molecular weight excluding hydrogens is 312 g/mol. The van der Waals surface area contributed by atoms with E-state index >= 15 is 0 Å². The molecule has 0 saturated carbocycles. The first-order valence-corrected chi connectivity index (χ1v) is 8.80. The van der Waals surface area contributed by atoms with E-state index in [-0.39, 0.29) is 0 Å². The molecule has 0 fully saturated rings. The smallest absolute Gasteiger partial charge is 0.212 e. The summed E-state index contributed by atoms with van der Waals surface area (Å²) in [6, 6.07) is 19.3. The Morgan fingerprint density at radius 2 is 1.75 bits per heavy atom. The van der Waals surface area contributed by atoms with Crippen molar-refractivity contribution >= 4 is 41.4 Å². The van der Waals surface area contributed by atoms with Crippen LogP contribution in [0.1, 0.15) is 11.1 Å². The molecule has 0 spiro atoms. The van der Waals surface area contributed by atoms with Crippen LogP contribution >= 0.6 is 12.6 Å². The van der Waals surface area contributed by atoms with Gasteiger partial charge in [0.2, 0.25) is 5.52 Å². The molecule has 2 aromatic carbocycles. The van der Waals surface area contributed by atoms with Gasteiger partial charge >= 0.3 is 0 Å². The summed E-state index contributed by atoms with van der Waals surface area (Å²) in [5.41, 5.74) is 4.90. The minimum Gasteiger partial charge on any atom is -0.374 e. The number of fused-ring (bicyclic) bond motifs is 1. The second-order valence-electron chi connectivity index (χ2n) is 5.97. The first kappa shape index (κ1) is 16.6. The van der Waals surface area contributed by atoms with Crippen LogP contribution < -0.4 is 9.47 Å². The number of aromatic nitrogens is 1. The monoisotopic (exact) mass is 335 g/mol. The van der Waals surface area contributed by atoms with Crippen molar-refractivity contribution in [3.63, 3.8) is 0 Å². The molecule has 0 atom stereocenters. The number of nitrogens with zero attached hydrogens (tertiary/aromatic N) is 2. The van der Waals surface area contributed by atoms with Gasteiger partial charge in [-0.3, -0.25) is 0 Å². The lowest BCUT2D eigenvalue weighted by Gasteiger charge is -2.17. The number of pyridine rings is 1. The molecule has 3 rings (SSSR count). The third-order valence-corrected chi connectivity index (χ3v) is 4.50. The van der Waals surface area contributed by atoms with Crippen LogP contribution in [0.4, 0.5) is 5.69 Å². The summed E-state index contributed by atoms with van der Waals surface area (Å²) in [6.07, 6.45) is 6.47. The molecule has 2 nitrogen and oxygen atoms in total. The van der Waals surface area contributed by atoms with Gasteiger partial charge in [-0.2, -0.15) is 12.6 Å². The van der Waals surface area contributed by atoms with Crippen LogP contribution in [0.5, 0.6) is 0 Å². The number of hydrogen-bond acceptors (Lipinski definition) is 2. The molecule has 122 valence electrons. The van der Waals surface area contributed by atoms with Crippen molar-refractivity contribution in [2.24, 2.45) is 7.05 Å². The predicted molar refractivity (Wildman–Crippen MR) is 108 cm³/mol. The zero-order valence-electron chi connectivity index (χ0n) is 14.2. The summed E-state index contributed by atoms with van der Waals surface area (Å²) in [6.45, 7) is 0.950. The quantitative estimate of drug-likeness (QED) is 0.542. The molecule has 0 N–H and O–H groups in total. The molecule has 0 aliphatic rings. The highest BCUT2D eigenvalue weighted by atomic mass is 32.1. The Morgan fingerprint density at radius 1 is 1.00 bits per heavy atom. The Labute approximate surface area is 149 Å². The maximum atomic E-state index is 4.29. The minimum absolute atomic E-state index is 0.858. The van der Waals surface area contributed by atoms with Gasteiger partial charge in [0.25, 0.3) is 0 Å². The van der Waals surface area contributed by atoms with E-state index in [1.54, 1.807) is 0 Å². The zero-order valence-corrected chi connectivity index (χ0v) is 15.1. The maximum Gasteiger partial charge on any atom is 0.212 e. The fourth-order valence-electron chi connectivity index (χ4n) is 2.84. The molecular formula is C21H23N2S+. The molecule has 3 heteroatoms. The lowest BCUT2D eigenvalue weighted by Crippen LogP contribution is -2.28. The Balaban J connectivity index is 1.85. The molecule has 3 aromatic rings. The number of para-hydroxylation sites is 1. The molecule has 0 aliphatic carbocycles. The average Bonchev–Trinajstić information content (AvgIpc) is 2.62. The molecule has 0 amide bonds. The van der Waals surface area contributed by atoms with Crippen molar-refractivity contribution in [3.8, 4) is 0 Å². The van der Waals surface area contributed by atoms with Crippen molar-refractivity contribution in [2.75, 3.05) is 24.2 Å². The van der Waals surface area contributed by atoms with Crippen LogP contribution in [0.3, 0.4) is 0 Å². The second-order valence-corrected chi connectivity index (χ2v) is 6.42. The molecule has 24 heavy (non-hydrogen) atoms. The Bertz CT molecular complexity index is 853. The first-order valence-electron chi connectivity index (χ1n) is 8.16. The van der Waals surface area contributed by atoms with E-state index in [0.717, 1.165) is 12.3 Å². The summed E-state index contributed by atoms with van der Waals surface area (Å²) < 4.78 is 2.15. The highest BCUT2D eigenvalue weighted by Crippen LogP contribution is 2.19. The molecule has 0 radical (unpaired) electrons. The van der Waals surface area contributed by atoms with E-state index in [2.05, 4.69) is 109 Å². The van der Waals surface area contributed by atoms with Gasteiger partial charge in [-0.1, -0.05) is 36.4 Å². The number of benzene rings is 2. The van der Waals surface area contributed by atoms with E-state index in [1.807, 2.05) is 0 Å². The van der Waals surface area contributed by atoms with Gasteiger partial charge in [-0.25, -0.2) is 4.57 Å². The van der Waals surface area contributed by atoms with Crippen molar-refractivity contribution < 1.29 is 4.57 Å². The van der Waals surface area contributed by atoms with E-state index in [9.17, 15) is 0 Å². The number of anilines is 1. The summed E-state index contributed by atoms with van der Waals surface area (Å²) in [7, 11) is 4.17. The van der Waals surface area contributed by atoms with Crippen molar-refractivity contribution in [3.05, 3.63) is 71.9 Å². The number of hydrogen-bond donors (Lipinski definition) is 1. The Kier molecular flexibility index (Phi) is 5.21. The lowest BCUT2D eigenvalue weighted by atomic mass is 10.1. The van der Waals surface area contributed by atoms with E-state index in [1.165, 1.54) is 27.7 Å². The third kappa shape index (κ3) is 3.62. The molecule has 1 heterocycles. The van der Waals surface area contributed by atoms with Crippen LogP contribution in [0.2, 0.25) is 0 Å². The number of thiol groups is 1. The van der Waals surface area contributed by atoms with Gasteiger partial charge in [0, 0.05) is 37.2 Å². The van der Waals surface area contributed by atoms with Gasteiger partial charge in [0.05, 0.1) is 5.39 Å². The van der Waals surface area contributed by atoms with E-state index in [0.29, 0.717) is 0 Å². The molecule has 1 aromatic heterocycles. The standard InChI is InChI=1S/C21H22N2S/c1-22(15-16-24)19-11-8-17(9-12-19)7-10-18-13-14-23(2)21-6-4-3-5-20(18)21/h3-14H,15-16H2,1-2H3/p+1. The van der Waals surface area contributed by atoms with E-state index in [4.69, 9.17) is 0 Å². The zero-order chi connectivity index (χ0) is 16.9. The molecule has 0 saturated heterocycles. The molecule has 0 unspecified atom stereocenters. The summed E-state index contributed by atoms with van der Waals surface area (Å²) in [5, 5.41) is 1.27. The molecule has 0 bridgehead atoms. The van der Waals surface area contributed by atoms with Crippen molar-refractivity contribution in [2.45, 2.75) is 0 Å². The normalized spacial score (nSPS) is 11.3. The first-order chi connectivity index (χ1) is 11.7. The van der Waals surface area contributed by atoms with Crippen LogP contribution in [0, 0.1) is 0 Å². The maximum absolute atomic E-state index is 4.29. The molecule has 0 aliphatic heterocycles. The van der Waals surface area contributed by atoms with Gasteiger partial charge in [-0.15, -0.1) is 0 Å². The fraction of sp³-hybridized carbons (Fsp3) is 0.190. The number of aryl methyl sites for hydroxylation is 1. The topological polar surface area (TPSA) is 7.12 Å². The fourth-order valence-corrected chi connectivity index (χ4v) is 3.14. The summed E-state index contributed by atoms with van der Waals surface area (Å²) >= 11 is 4.29. The summed E-state index contributed by atoms with van der Waals surface area (Å²) in [5.74, 6) is 0.858. The van der Waals surface area contributed by atoms with Gasteiger partial charge < -0.3 is 4.90 Å². The second kappa shape index (κ2) is 7.54. The van der Waals surface area contributed by atoms with Gasteiger partial charge in [0.15, 0.2) is 6.20 Å². The Morgan fingerprint density at radius 3 is 2.50 bits per heavy atom. The third-order valence-electron chi connectivity index (χ3n) is 4.30.